The summed E-state index contributed by atoms with van der Waals surface area (Å²) in [4.78, 5) is 12.2. The Balaban J connectivity index is 1.28. The summed E-state index contributed by atoms with van der Waals surface area (Å²) in [5.41, 5.74) is 2.56. The number of aryl methyl sites for hydroxylation is 1. The molecule has 0 unspecified atom stereocenters. The third kappa shape index (κ3) is 6.96. The molecule has 0 spiro atoms. The molecule has 1 heterocycles. The van der Waals surface area contributed by atoms with Crippen molar-refractivity contribution in [2.75, 3.05) is 5.32 Å². The molecular weight excluding hydrogens is 503 g/mol. The van der Waals surface area contributed by atoms with Crippen molar-refractivity contribution in [1.82, 2.24) is 5.32 Å². The summed E-state index contributed by atoms with van der Waals surface area (Å²) < 4.78 is 11.5. The topological polar surface area (TPSA) is 63.5 Å². The highest BCUT2D eigenvalue weighted by Gasteiger charge is 2.07. The van der Waals surface area contributed by atoms with E-state index < -0.39 is 0 Å². The molecule has 0 atom stereocenters. The lowest BCUT2D eigenvalue weighted by atomic mass is 10.1. The highest BCUT2D eigenvalue weighted by molar-refractivity contribution is 7.80. The predicted octanol–water partition coefficient (Wildman–Crippen LogP) is 7.88. The van der Waals surface area contributed by atoms with Crippen LogP contribution in [0.1, 0.15) is 11.3 Å². The molecule has 0 saturated heterocycles. The molecular formula is C27H20Cl2N2O3S. The van der Waals surface area contributed by atoms with Gasteiger partial charge in [-0.25, -0.2) is 0 Å². The van der Waals surface area contributed by atoms with Gasteiger partial charge in [0, 0.05) is 27.4 Å². The van der Waals surface area contributed by atoms with Crippen LogP contribution in [0.4, 0.5) is 5.69 Å². The lowest BCUT2D eigenvalue weighted by molar-refractivity contribution is -0.115. The number of amides is 1. The van der Waals surface area contributed by atoms with E-state index in [0.29, 0.717) is 38.8 Å². The quantitative estimate of drug-likeness (QED) is 0.199. The Bertz CT molecular complexity index is 1380. The van der Waals surface area contributed by atoms with Gasteiger partial charge in [-0.2, -0.15) is 0 Å². The third-order valence-corrected chi connectivity index (χ3v) is 5.74. The van der Waals surface area contributed by atoms with Crippen LogP contribution < -0.4 is 15.4 Å². The fraction of sp³-hybridized carbons (Fsp3) is 0.0370. The highest BCUT2D eigenvalue weighted by atomic mass is 35.5. The Morgan fingerprint density at radius 1 is 0.943 bits per heavy atom. The third-order valence-electron chi connectivity index (χ3n) is 4.88. The van der Waals surface area contributed by atoms with E-state index in [1.165, 1.54) is 6.08 Å². The highest BCUT2D eigenvalue weighted by Crippen LogP contribution is 2.27. The van der Waals surface area contributed by atoms with Crippen LogP contribution in [0, 0.1) is 6.92 Å². The van der Waals surface area contributed by atoms with E-state index in [1.807, 2.05) is 31.2 Å². The molecule has 0 bridgehead atoms. The summed E-state index contributed by atoms with van der Waals surface area (Å²) in [6.07, 6.45) is 2.92. The van der Waals surface area contributed by atoms with Gasteiger partial charge in [-0.3, -0.25) is 10.1 Å². The van der Waals surface area contributed by atoms with Crippen molar-refractivity contribution in [2.24, 2.45) is 0 Å². The minimum absolute atomic E-state index is 0.167. The number of halogens is 2. The van der Waals surface area contributed by atoms with Gasteiger partial charge in [0.2, 0.25) is 5.91 Å². The van der Waals surface area contributed by atoms with Crippen molar-refractivity contribution in [3.63, 3.8) is 0 Å². The number of carbonyl (C=O) groups excluding carboxylic acids is 1. The van der Waals surface area contributed by atoms with Gasteiger partial charge in [0.05, 0.1) is 0 Å². The van der Waals surface area contributed by atoms with Crippen LogP contribution >= 0.6 is 35.4 Å². The normalized spacial score (nSPS) is 10.8. The second kappa shape index (κ2) is 11.2. The van der Waals surface area contributed by atoms with Gasteiger partial charge in [0.15, 0.2) is 5.11 Å². The Kier molecular flexibility index (Phi) is 7.87. The number of carbonyl (C=O) groups is 1. The molecule has 3 aromatic carbocycles. The summed E-state index contributed by atoms with van der Waals surface area (Å²) >= 11 is 17.3. The van der Waals surface area contributed by atoms with E-state index in [-0.39, 0.29) is 11.0 Å². The van der Waals surface area contributed by atoms with Crippen LogP contribution in [0.15, 0.2) is 89.4 Å². The fourth-order valence-electron chi connectivity index (χ4n) is 3.06. The molecule has 0 fully saturated rings. The summed E-state index contributed by atoms with van der Waals surface area (Å²) in [7, 11) is 0. The number of nitrogens with one attached hydrogen (secondary N) is 2. The van der Waals surface area contributed by atoms with Crippen LogP contribution in [-0.4, -0.2) is 11.0 Å². The van der Waals surface area contributed by atoms with E-state index >= 15 is 0 Å². The average Bonchev–Trinajstić information content (AvgIpc) is 3.31. The first-order valence-corrected chi connectivity index (χ1v) is 11.7. The van der Waals surface area contributed by atoms with E-state index in [1.54, 1.807) is 60.7 Å². The maximum atomic E-state index is 12.2. The molecule has 5 nitrogen and oxygen atoms in total. The molecule has 0 aliphatic heterocycles. The molecule has 0 radical (unpaired) electrons. The summed E-state index contributed by atoms with van der Waals surface area (Å²) in [5.74, 6) is 2.13. The largest absolute Gasteiger partial charge is 0.457 e. The van der Waals surface area contributed by atoms with Gasteiger partial charge in [-0.1, -0.05) is 35.3 Å². The number of hydrogen-bond donors (Lipinski definition) is 2. The molecule has 1 aromatic heterocycles. The second-order valence-corrected chi connectivity index (χ2v) is 8.77. The summed E-state index contributed by atoms with van der Waals surface area (Å²) in [5, 5.41) is 7.04. The monoisotopic (exact) mass is 522 g/mol. The van der Waals surface area contributed by atoms with Crippen LogP contribution in [0.5, 0.6) is 11.5 Å². The molecule has 8 heteroatoms. The second-order valence-electron chi connectivity index (χ2n) is 7.52. The van der Waals surface area contributed by atoms with Crippen molar-refractivity contribution < 1.29 is 13.9 Å². The zero-order valence-corrected chi connectivity index (χ0v) is 20.9. The SMILES string of the molecule is Cc1ccc(-c2ccc(/C=C/C(=O)NC(=S)Nc3ccc(Oc4ccc(Cl)cc4)cc3)o2)cc1Cl. The molecule has 0 aliphatic carbocycles. The minimum atomic E-state index is -0.387. The minimum Gasteiger partial charge on any atom is -0.457 e. The van der Waals surface area contributed by atoms with Crippen molar-refractivity contribution in [1.29, 1.82) is 0 Å². The molecule has 176 valence electrons. The first kappa shape index (κ1) is 24.5. The molecule has 4 rings (SSSR count). The Labute approximate surface area is 218 Å². The smallest absolute Gasteiger partial charge is 0.250 e. The lowest BCUT2D eigenvalue weighted by Crippen LogP contribution is -2.32. The molecule has 0 saturated carbocycles. The Hall–Kier alpha value is -3.58. The first-order chi connectivity index (χ1) is 16.9. The molecule has 35 heavy (non-hydrogen) atoms. The van der Waals surface area contributed by atoms with Gasteiger partial charge < -0.3 is 14.5 Å². The van der Waals surface area contributed by atoms with Crippen molar-refractivity contribution in [3.05, 3.63) is 106 Å². The van der Waals surface area contributed by atoms with Crippen LogP contribution in [0.3, 0.4) is 0 Å². The summed E-state index contributed by atoms with van der Waals surface area (Å²) in [6, 6.07) is 23.6. The molecule has 0 aliphatic rings. The number of benzene rings is 3. The zero-order chi connectivity index (χ0) is 24.8. The Morgan fingerprint density at radius 2 is 1.63 bits per heavy atom. The maximum Gasteiger partial charge on any atom is 0.250 e. The number of ether oxygens (including phenoxy) is 1. The Morgan fingerprint density at radius 3 is 2.31 bits per heavy atom. The first-order valence-electron chi connectivity index (χ1n) is 10.6. The predicted molar refractivity (Wildman–Crippen MR) is 145 cm³/mol. The zero-order valence-electron chi connectivity index (χ0n) is 18.5. The van der Waals surface area contributed by atoms with Crippen LogP contribution in [0.2, 0.25) is 10.0 Å². The van der Waals surface area contributed by atoms with Crippen molar-refractivity contribution >= 4 is 58.2 Å². The van der Waals surface area contributed by atoms with Crippen LogP contribution in [-0.2, 0) is 4.79 Å². The number of furan rings is 1. The number of hydrogen-bond acceptors (Lipinski definition) is 4. The number of rotatable bonds is 6. The van der Waals surface area contributed by atoms with Crippen molar-refractivity contribution in [2.45, 2.75) is 6.92 Å². The maximum absolute atomic E-state index is 12.2. The fourth-order valence-corrected chi connectivity index (χ4v) is 3.59. The molecule has 1 amide bonds. The molecule has 2 N–H and O–H groups in total. The van der Waals surface area contributed by atoms with Crippen LogP contribution in [0.25, 0.3) is 17.4 Å². The van der Waals surface area contributed by atoms with Crippen molar-refractivity contribution in [3.8, 4) is 22.8 Å². The number of anilines is 1. The van der Waals surface area contributed by atoms with E-state index in [4.69, 9.17) is 44.6 Å². The van der Waals surface area contributed by atoms with E-state index in [9.17, 15) is 4.79 Å². The number of thiocarbonyl (C=S) groups is 1. The molecule has 4 aromatic rings. The van der Waals surface area contributed by atoms with Gasteiger partial charge in [0.1, 0.15) is 23.0 Å². The van der Waals surface area contributed by atoms with E-state index in [0.717, 1.165) is 11.1 Å². The summed E-state index contributed by atoms with van der Waals surface area (Å²) in [6.45, 7) is 1.94. The van der Waals surface area contributed by atoms with E-state index in [2.05, 4.69) is 10.6 Å². The standard InChI is InChI=1S/C27H20Cl2N2O3S/c1-17-2-3-18(16-24(17)29)25-14-12-23(34-25)13-15-26(32)31-27(35)30-20-6-10-22(11-7-20)33-21-8-4-19(28)5-9-21/h2-16H,1H3,(H2,30,31,32,35)/b15-13+. The lowest BCUT2D eigenvalue weighted by Gasteiger charge is -2.10. The average molecular weight is 523 g/mol. The van der Waals surface area contributed by atoms with Gasteiger partial charge in [-0.15, -0.1) is 0 Å². The van der Waals surface area contributed by atoms with Gasteiger partial charge >= 0.3 is 0 Å². The van der Waals surface area contributed by atoms with Gasteiger partial charge in [-0.05, 0) is 97.5 Å². The van der Waals surface area contributed by atoms with Gasteiger partial charge in [0.25, 0.3) is 0 Å².